The first-order chi connectivity index (χ1) is 6.59. The first kappa shape index (κ1) is 11.2. The van der Waals surface area contributed by atoms with Gasteiger partial charge in [-0.1, -0.05) is 13.3 Å². The number of unbranched alkanes of at least 4 members (excludes halogenated alkanes) is 1. The van der Waals surface area contributed by atoms with Gasteiger partial charge in [0, 0.05) is 13.6 Å². The number of nitrogens with one attached hydrogen (secondary N) is 1. The number of nitrogens with zero attached hydrogens (tertiary/aromatic N) is 1. The molecule has 5 heteroatoms. The van der Waals surface area contributed by atoms with Crippen molar-refractivity contribution in [2.75, 3.05) is 13.6 Å². The number of imide groups is 1. The second-order valence-corrected chi connectivity index (χ2v) is 3.93. The third kappa shape index (κ3) is 1.97. The fourth-order valence-electron chi connectivity index (χ4n) is 1.15. The molecular weight excluding hydrogens is 248 g/mol. The van der Waals surface area contributed by atoms with Crippen LogP contribution in [0.4, 0.5) is 0 Å². The van der Waals surface area contributed by atoms with Crippen molar-refractivity contribution in [1.29, 1.82) is 0 Å². The molecule has 0 aromatic carbocycles. The van der Waals surface area contributed by atoms with E-state index in [0.29, 0.717) is 16.7 Å². The van der Waals surface area contributed by atoms with Gasteiger partial charge in [-0.15, -0.1) is 0 Å². The number of hydrogen-bond acceptors (Lipinski definition) is 3. The maximum atomic E-state index is 11.5. The normalized spacial score (nSPS) is 16.9. The van der Waals surface area contributed by atoms with E-state index in [9.17, 15) is 9.59 Å². The Hall–Kier alpha value is -0.840. The van der Waals surface area contributed by atoms with Gasteiger partial charge in [-0.05, 0) is 22.4 Å². The zero-order valence-corrected chi connectivity index (χ0v) is 9.85. The zero-order chi connectivity index (χ0) is 10.7. The Morgan fingerprint density at radius 3 is 2.43 bits per heavy atom. The summed E-state index contributed by atoms with van der Waals surface area (Å²) in [7, 11) is 1.47. The van der Waals surface area contributed by atoms with Gasteiger partial charge in [-0.3, -0.25) is 14.5 Å². The summed E-state index contributed by atoms with van der Waals surface area (Å²) < 4.78 is 0.334. The minimum absolute atomic E-state index is 0.266. The van der Waals surface area contributed by atoms with Crippen LogP contribution in [0.15, 0.2) is 10.2 Å². The van der Waals surface area contributed by atoms with E-state index in [-0.39, 0.29) is 11.8 Å². The Bertz CT molecular complexity index is 299. The zero-order valence-electron chi connectivity index (χ0n) is 8.26. The summed E-state index contributed by atoms with van der Waals surface area (Å²) in [6.07, 6.45) is 2.03. The Morgan fingerprint density at radius 2 is 2.00 bits per heavy atom. The van der Waals surface area contributed by atoms with Crippen LogP contribution < -0.4 is 5.32 Å². The molecule has 1 rings (SSSR count). The number of halogens is 1. The lowest BCUT2D eigenvalue weighted by molar-refractivity contribution is -0.135. The van der Waals surface area contributed by atoms with Crippen LogP contribution in [0.3, 0.4) is 0 Å². The van der Waals surface area contributed by atoms with Gasteiger partial charge in [-0.25, -0.2) is 0 Å². The van der Waals surface area contributed by atoms with Gasteiger partial charge in [0.1, 0.15) is 10.2 Å². The maximum absolute atomic E-state index is 11.5. The minimum atomic E-state index is -0.283. The predicted octanol–water partition coefficient (Wildman–Crippen LogP) is 0.981. The van der Waals surface area contributed by atoms with Crippen molar-refractivity contribution in [3.63, 3.8) is 0 Å². The second kappa shape index (κ2) is 4.59. The molecule has 0 fully saturated rings. The van der Waals surface area contributed by atoms with Crippen LogP contribution in [0, 0.1) is 0 Å². The summed E-state index contributed by atoms with van der Waals surface area (Å²) in [5.41, 5.74) is 0.381. The van der Waals surface area contributed by atoms with E-state index in [0.717, 1.165) is 17.7 Å². The lowest BCUT2D eigenvalue weighted by atomic mass is 10.3. The molecule has 0 aromatic rings. The lowest BCUT2D eigenvalue weighted by Crippen LogP contribution is -2.30. The molecule has 0 saturated heterocycles. The Balaban J connectivity index is 2.67. The summed E-state index contributed by atoms with van der Waals surface area (Å²) in [5, 5.41) is 2.96. The lowest BCUT2D eigenvalue weighted by Gasteiger charge is -2.07. The topological polar surface area (TPSA) is 49.4 Å². The molecule has 0 atom stereocenters. The van der Waals surface area contributed by atoms with Gasteiger partial charge in [0.25, 0.3) is 11.8 Å². The highest BCUT2D eigenvalue weighted by molar-refractivity contribution is 9.12. The molecule has 1 heterocycles. The van der Waals surface area contributed by atoms with Gasteiger partial charge in [0.15, 0.2) is 0 Å². The average Bonchev–Trinajstić information content (AvgIpc) is 2.35. The van der Waals surface area contributed by atoms with Crippen molar-refractivity contribution >= 4 is 27.7 Å². The van der Waals surface area contributed by atoms with E-state index < -0.39 is 0 Å². The molecule has 0 aromatic heterocycles. The Labute approximate surface area is 91.5 Å². The maximum Gasteiger partial charge on any atom is 0.277 e. The van der Waals surface area contributed by atoms with E-state index in [1.165, 1.54) is 7.05 Å². The molecule has 1 aliphatic rings. The number of likely N-dealkylation sites (N-methyl/N-ethyl adjacent to an activating group) is 1. The van der Waals surface area contributed by atoms with Gasteiger partial charge < -0.3 is 5.32 Å². The molecule has 14 heavy (non-hydrogen) atoms. The molecule has 1 aliphatic heterocycles. The second-order valence-electron chi connectivity index (χ2n) is 3.14. The van der Waals surface area contributed by atoms with Gasteiger partial charge in [-0.2, -0.15) is 0 Å². The molecule has 0 saturated carbocycles. The van der Waals surface area contributed by atoms with E-state index >= 15 is 0 Å². The average molecular weight is 261 g/mol. The van der Waals surface area contributed by atoms with Crippen molar-refractivity contribution in [2.45, 2.75) is 19.8 Å². The molecule has 78 valence electrons. The summed E-state index contributed by atoms with van der Waals surface area (Å²) in [6.45, 7) is 2.78. The molecule has 0 radical (unpaired) electrons. The van der Waals surface area contributed by atoms with E-state index in [2.05, 4.69) is 28.2 Å². The molecule has 4 nitrogen and oxygen atoms in total. The van der Waals surface area contributed by atoms with Crippen LogP contribution in [0.2, 0.25) is 0 Å². The van der Waals surface area contributed by atoms with Crippen molar-refractivity contribution < 1.29 is 9.59 Å². The van der Waals surface area contributed by atoms with Crippen LogP contribution in [0.25, 0.3) is 0 Å². The molecule has 0 bridgehead atoms. The number of rotatable bonds is 4. The largest absolute Gasteiger partial charge is 0.379 e. The van der Waals surface area contributed by atoms with Crippen molar-refractivity contribution in [1.82, 2.24) is 10.2 Å². The first-order valence-corrected chi connectivity index (χ1v) is 5.35. The number of carbonyl (C=O) groups is 2. The predicted molar refractivity (Wildman–Crippen MR) is 56.6 cm³/mol. The Kier molecular flexibility index (Phi) is 3.69. The standard InChI is InChI=1S/C9H13BrN2O2/c1-3-4-5-11-7-6(10)8(13)12(2)9(7)14/h11H,3-5H2,1-2H3. The van der Waals surface area contributed by atoms with E-state index in [4.69, 9.17) is 0 Å². The van der Waals surface area contributed by atoms with Crippen LogP contribution in [-0.4, -0.2) is 30.3 Å². The van der Waals surface area contributed by atoms with Crippen LogP contribution in [0.5, 0.6) is 0 Å². The molecule has 0 aliphatic carbocycles. The first-order valence-electron chi connectivity index (χ1n) is 4.55. The molecule has 2 amide bonds. The quantitative estimate of drug-likeness (QED) is 0.606. The van der Waals surface area contributed by atoms with Crippen LogP contribution >= 0.6 is 15.9 Å². The molecular formula is C9H13BrN2O2. The van der Waals surface area contributed by atoms with Gasteiger partial charge in [0.05, 0.1) is 0 Å². The van der Waals surface area contributed by atoms with E-state index in [1.807, 2.05) is 0 Å². The number of carbonyl (C=O) groups excluding carboxylic acids is 2. The van der Waals surface area contributed by atoms with E-state index in [1.54, 1.807) is 0 Å². The highest BCUT2D eigenvalue weighted by Gasteiger charge is 2.33. The molecule has 0 unspecified atom stereocenters. The summed E-state index contributed by atoms with van der Waals surface area (Å²) in [4.78, 5) is 23.9. The van der Waals surface area contributed by atoms with Crippen LogP contribution in [-0.2, 0) is 9.59 Å². The third-order valence-corrected chi connectivity index (χ3v) is 2.80. The number of amides is 2. The number of hydrogen-bond donors (Lipinski definition) is 1. The summed E-state index contributed by atoms with van der Waals surface area (Å²) in [6, 6.07) is 0. The van der Waals surface area contributed by atoms with Crippen molar-refractivity contribution in [2.24, 2.45) is 0 Å². The fourth-order valence-corrected chi connectivity index (χ4v) is 1.73. The Morgan fingerprint density at radius 1 is 1.36 bits per heavy atom. The molecule has 0 spiro atoms. The summed E-state index contributed by atoms with van der Waals surface area (Å²) in [5.74, 6) is -0.549. The van der Waals surface area contributed by atoms with Crippen molar-refractivity contribution in [3.05, 3.63) is 10.2 Å². The summed E-state index contributed by atoms with van der Waals surface area (Å²) >= 11 is 3.11. The highest BCUT2D eigenvalue weighted by Crippen LogP contribution is 2.22. The van der Waals surface area contributed by atoms with Gasteiger partial charge >= 0.3 is 0 Å². The van der Waals surface area contributed by atoms with Gasteiger partial charge in [0.2, 0.25) is 0 Å². The monoisotopic (exact) mass is 260 g/mol. The highest BCUT2D eigenvalue weighted by atomic mass is 79.9. The third-order valence-electron chi connectivity index (χ3n) is 2.06. The van der Waals surface area contributed by atoms with Crippen LogP contribution in [0.1, 0.15) is 19.8 Å². The molecule has 1 N–H and O–H groups in total. The SMILES string of the molecule is CCCCNC1=C(Br)C(=O)N(C)C1=O. The fraction of sp³-hybridized carbons (Fsp3) is 0.556. The minimum Gasteiger partial charge on any atom is -0.379 e. The van der Waals surface area contributed by atoms with Crippen molar-refractivity contribution in [3.8, 4) is 0 Å². The smallest absolute Gasteiger partial charge is 0.277 e.